The third kappa shape index (κ3) is 4.00. The summed E-state index contributed by atoms with van der Waals surface area (Å²) >= 11 is 11.6. The molecule has 122 valence electrons. The number of sulfonamides is 1. The smallest absolute Gasteiger partial charge is 0.257 e. The predicted octanol–water partition coefficient (Wildman–Crippen LogP) is 2.89. The van der Waals surface area contributed by atoms with Crippen LogP contribution in [-0.2, 0) is 10.0 Å². The van der Waals surface area contributed by atoms with Crippen molar-refractivity contribution in [3.05, 3.63) is 52.3 Å². The lowest BCUT2D eigenvalue weighted by atomic mass is 10.2. The van der Waals surface area contributed by atoms with Gasteiger partial charge in [0.15, 0.2) is 0 Å². The van der Waals surface area contributed by atoms with Crippen molar-refractivity contribution in [2.24, 2.45) is 0 Å². The molecule has 0 aliphatic carbocycles. The number of halogens is 2. The number of amides is 1. The van der Waals surface area contributed by atoms with Gasteiger partial charge in [-0.1, -0.05) is 23.2 Å². The summed E-state index contributed by atoms with van der Waals surface area (Å²) in [7, 11) is -0.918. The van der Waals surface area contributed by atoms with Crippen molar-refractivity contribution < 1.29 is 13.2 Å². The molecule has 0 spiro atoms. The maximum atomic E-state index is 12.2. The van der Waals surface area contributed by atoms with Gasteiger partial charge in [0.25, 0.3) is 5.91 Å². The highest BCUT2D eigenvalue weighted by Gasteiger charge is 2.21. The van der Waals surface area contributed by atoms with Gasteiger partial charge in [0, 0.05) is 26.0 Å². The lowest BCUT2D eigenvalue weighted by Crippen LogP contribution is -2.23. The van der Waals surface area contributed by atoms with Crippen LogP contribution in [0.4, 0.5) is 5.69 Å². The number of nitrogens with one attached hydrogen (secondary N) is 1. The molecule has 2 rings (SSSR count). The molecule has 1 aromatic heterocycles. The number of hydrogen-bond acceptors (Lipinski definition) is 4. The zero-order valence-electron chi connectivity index (χ0n) is 12.2. The molecule has 2 aromatic rings. The molecule has 0 saturated heterocycles. The summed E-state index contributed by atoms with van der Waals surface area (Å²) in [5, 5.41) is 2.94. The second-order valence-electron chi connectivity index (χ2n) is 4.76. The Morgan fingerprint density at radius 2 is 1.87 bits per heavy atom. The molecule has 1 heterocycles. The van der Waals surface area contributed by atoms with Crippen LogP contribution in [0.5, 0.6) is 0 Å². The second kappa shape index (κ2) is 6.84. The highest BCUT2D eigenvalue weighted by Crippen LogP contribution is 2.27. The largest absolute Gasteiger partial charge is 0.322 e. The van der Waals surface area contributed by atoms with E-state index in [2.05, 4.69) is 10.3 Å². The summed E-state index contributed by atoms with van der Waals surface area (Å²) in [4.78, 5) is 15.8. The van der Waals surface area contributed by atoms with Crippen LogP contribution in [0.2, 0.25) is 10.2 Å². The van der Waals surface area contributed by atoms with Gasteiger partial charge in [0.2, 0.25) is 10.0 Å². The number of aromatic nitrogens is 1. The number of hydrogen-bond donors (Lipinski definition) is 1. The number of nitrogens with zero attached hydrogens (tertiary/aromatic N) is 2. The van der Waals surface area contributed by atoms with Gasteiger partial charge in [-0.3, -0.25) is 4.79 Å². The van der Waals surface area contributed by atoms with Gasteiger partial charge < -0.3 is 5.32 Å². The van der Waals surface area contributed by atoms with Gasteiger partial charge in [0.05, 0.1) is 10.6 Å². The molecule has 0 unspecified atom stereocenters. The zero-order chi connectivity index (χ0) is 17.2. The summed E-state index contributed by atoms with van der Waals surface area (Å²) in [5.41, 5.74) is 0.594. The normalized spacial score (nSPS) is 11.5. The SMILES string of the molecule is CN(C)S(=O)(=O)c1cc(NC(=O)c2ccc(Cl)nc2)ccc1Cl. The Morgan fingerprint density at radius 1 is 1.17 bits per heavy atom. The van der Waals surface area contributed by atoms with E-state index in [1.165, 1.54) is 50.6 Å². The van der Waals surface area contributed by atoms with E-state index in [4.69, 9.17) is 23.2 Å². The summed E-state index contributed by atoms with van der Waals surface area (Å²) in [6.45, 7) is 0. The molecular weight excluding hydrogens is 361 g/mol. The minimum Gasteiger partial charge on any atom is -0.322 e. The number of carbonyl (C=O) groups excluding carboxylic acids is 1. The van der Waals surface area contributed by atoms with Crippen LogP contribution in [0.1, 0.15) is 10.4 Å². The Bertz CT molecular complexity index is 837. The molecule has 1 aromatic carbocycles. The number of carbonyl (C=O) groups is 1. The maximum absolute atomic E-state index is 12.2. The Balaban J connectivity index is 2.31. The first-order chi connectivity index (χ1) is 10.7. The van der Waals surface area contributed by atoms with E-state index in [1.54, 1.807) is 0 Å². The predicted molar refractivity (Wildman–Crippen MR) is 89.5 cm³/mol. The molecule has 6 nitrogen and oxygen atoms in total. The number of pyridine rings is 1. The van der Waals surface area contributed by atoms with E-state index in [0.29, 0.717) is 11.3 Å². The average molecular weight is 374 g/mol. The summed E-state index contributed by atoms with van der Waals surface area (Å²) in [5.74, 6) is -0.440. The lowest BCUT2D eigenvalue weighted by molar-refractivity contribution is 0.102. The quantitative estimate of drug-likeness (QED) is 0.835. The highest BCUT2D eigenvalue weighted by atomic mass is 35.5. The fourth-order valence-corrected chi connectivity index (χ4v) is 3.19. The first kappa shape index (κ1) is 17.7. The van der Waals surface area contributed by atoms with Gasteiger partial charge in [-0.15, -0.1) is 0 Å². The molecule has 0 atom stereocenters. The van der Waals surface area contributed by atoms with Crippen molar-refractivity contribution in [1.29, 1.82) is 0 Å². The monoisotopic (exact) mass is 373 g/mol. The van der Waals surface area contributed by atoms with Crippen LogP contribution >= 0.6 is 23.2 Å². The Hall–Kier alpha value is -1.67. The van der Waals surface area contributed by atoms with Crippen molar-refractivity contribution in [3.8, 4) is 0 Å². The first-order valence-electron chi connectivity index (χ1n) is 6.37. The van der Waals surface area contributed by atoms with Crippen molar-refractivity contribution in [2.75, 3.05) is 19.4 Å². The average Bonchev–Trinajstić information content (AvgIpc) is 2.49. The van der Waals surface area contributed by atoms with Gasteiger partial charge in [-0.2, -0.15) is 0 Å². The highest BCUT2D eigenvalue weighted by molar-refractivity contribution is 7.89. The van der Waals surface area contributed by atoms with Gasteiger partial charge in [0.1, 0.15) is 10.0 Å². The fraction of sp³-hybridized carbons (Fsp3) is 0.143. The summed E-state index contributed by atoms with van der Waals surface area (Å²) in [6, 6.07) is 7.23. The topological polar surface area (TPSA) is 79.4 Å². The Morgan fingerprint density at radius 3 is 2.43 bits per heavy atom. The van der Waals surface area contributed by atoms with Crippen molar-refractivity contribution in [2.45, 2.75) is 4.90 Å². The van der Waals surface area contributed by atoms with E-state index < -0.39 is 15.9 Å². The molecule has 23 heavy (non-hydrogen) atoms. The molecule has 0 bridgehead atoms. The molecule has 0 fully saturated rings. The van der Waals surface area contributed by atoms with Gasteiger partial charge in [-0.05, 0) is 30.3 Å². The molecule has 0 aliphatic heterocycles. The standard InChI is InChI=1S/C14H13Cl2N3O3S/c1-19(2)23(21,22)12-7-10(4-5-11(12)15)18-14(20)9-3-6-13(16)17-8-9/h3-8H,1-2H3,(H,18,20). The zero-order valence-corrected chi connectivity index (χ0v) is 14.6. The Kier molecular flexibility index (Phi) is 5.26. The number of anilines is 1. The molecule has 0 aliphatic rings. The molecule has 1 N–H and O–H groups in total. The van der Waals surface area contributed by atoms with Crippen LogP contribution < -0.4 is 5.32 Å². The molecular formula is C14H13Cl2N3O3S. The maximum Gasteiger partial charge on any atom is 0.257 e. The summed E-state index contributed by atoms with van der Waals surface area (Å²) in [6.07, 6.45) is 1.32. The number of rotatable bonds is 4. The molecule has 9 heteroatoms. The van der Waals surface area contributed by atoms with Crippen LogP contribution in [0.3, 0.4) is 0 Å². The summed E-state index contributed by atoms with van der Waals surface area (Å²) < 4.78 is 25.4. The molecule has 1 amide bonds. The number of benzene rings is 1. The van der Waals surface area contributed by atoms with Gasteiger partial charge >= 0.3 is 0 Å². The van der Waals surface area contributed by atoms with Crippen LogP contribution in [0.15, 0.2) is 41.4 Å². The van der Waals surface area contributed by atoms with Crippen LogP contribution in [0.25, 0.3) is 0 Å². The van der Waals surface area contributed by atoms with Crippen molar-refractivity contribution in [1.82, 2.24) is 9.29 Å². The minimum absolute atomic E-state index is 0.0739. The van der Waals surface area contributed by atoms with E-state index in [9.17, 15) is 13.2 Å². The third-order valence-corrected chi connectivity index (χ3v) is 5.46. The Labute approximate surface area is 144 Å². The van der Waals surface area contributed by atoms with Crippen molar-refractivity contribution >= 4 is 44.8 Å². The van der Waals surface area contributed by atoms with E-state index in [0.717, 1.165) is 4.31 Å². The van der Waals surface area contributed by atoms with Gasteiger partial charge in [-0.25, -0.2) is 17.7 Å². The van der Waals surface area contributed by atoms with Crippen LogP contribution in [-0.4, -0.2) is 37.7 Å². The van der Waals surface area contributed by atoms with E-state index >= 15 is 0 Å². The van der Waals surface area contributed by atoms with E-state index in [1.807, 2.05) is 0 Å². The fourth-order valence-electron chi connectivity index (χ4n) is 1.69. The van der Waals surface area contributed by atoms with Crippen molar-refractivity contribution in [3.63, 3.8) is 0 Å². The molecule has 0 saturated carbocycles. The van der Waals surface area contributed by atoms with E-state index in [-0.39, 0.29) is 15.1 Å². The second-order valence-corrected chi connectivity index (χ2v) is 7.67. The first-order valence-corrected chi connectivity index (χ1v) is 8.56. The van der Waals surface area contributed by atoms with Crippen LogP contribution in [0, 0.1) is 0 Å². The third-order valence-electron chi connectivity index (χ3n) is 2.94. The lowest BCUT2D eigenvalue weighted by Gasteiger charge is -2.14. The molecule has 0 radical (unpaired) electrons. The minimum atomic E-state index is -3.72.